The Labute approximate surface area is 116 Å². The maximum absolute atomic E-state index is 13.5. The van der Waals surface area contributed by atoms with Gasteiger partial charge in [-0.2, -0.15) is 0 Å². The Morgan fingerprint density at radius 2 is 2.05 bits per heavy atom. The second kappa shape index (κ2) is 4.96. The number of carboxylic acid groups (broad SMARTS) is 1. The van der Waals surface area contributed by atoms with E-state index in [2.05, 4.69) is 11.0 Å². The summed E-state index contributed by atoms with van der Waals surface area (Å²) in [7, 11) is 0. The Hall–Kier alpha value is -2.36. The van der Waals surface area contributed by atoms with Gasteiger partial charge in [-0.25, -0.2) is 9.18 Å². The van der Waals surface area contributed by atoms with E-state index in [4.69, 9.17) is 5.11 Å². The SMILES string of the molecule is O=C(O)c1cc(F)cc(CN2CCc3ccccc32)c1. The Kier molecular flexibility index (Phi) is 3.14. The van der Waals surface area contributed by atoms with Crippen molar-refractivity contribution in [3.63, 3.8) is 0 Å². The molecule has 0 spiro atoms. The molecule has 0 atom stereocenters. The lowest BCUT2D eigenvalue weighted by molar-refractivity contribution is 0.0696. The lowest BCUT2D eigenvalue weighted by atomic mass is 10.1. The van der Waals surface area contributed by atoms with Crippen molar-refractivity contribution >= 4 is 11.7 Å². The van der Waals surface area contributed by atoms with Crippen LogP contribution in [0.15, 0.2) is 42.5 Å². The molecule has 4 heteroatoms. The van der Waals surface area contributed by atoms with E-state index in [1.165, 1.54) is 17.7 Å². The van der Waals surface area contributed by atoms with Crippen molar-refractivity contribution in [2.75, 3.05) is 11.4 Å². The van der Waals surface area contributed by atoms with Crippen LogP contribution in [0.2, 0.25) is 0 Å². The molecular formula is C16H14FNO2. The van der Waals surface area contributed by atoms with Gasteiger partial charge in [-0.15, -0.1) is 0 Å². The lowest BCUT2D eigenvalue weighted by Gasteiger charge is -2.19. The quantitative estimate of drug-likeness (QED) is 0.932. The van der Waals surface area contributed by atoms with Crippen LogP contribution in [0.25, 0.3) is 0 Å². The monoisotopic (exact) mass is 271 g/mol. The van der Waals surface area contributed by atoms with Crippen LogP contribution in [0.5, 0.6) is 0 Å². The standard InChI is InChI=1S/C16H14FNO2/c17-14-8-11(7-13(9-14)16(19)20)10-18-6-5-12-3-1-2-4-15(12)18/h1-4,7-9H,5-6,10H2,(H,19,20). The number of aromatic carboxylic acids is 1. The van der Waals surface area contributed by atoms with E-state index in [0.717, 1.165) is 24.7 Å². The zero-order valence-corrected chi connectivity index (χ0v) is 10.8. The number of nitrogens with zero attached hydrogens (tertiary/aromatic N) is 1. The van der Waals surface area contributed by atoms with E-state index < -0.39 is 11.8 Å². The molecule has 1 aliphatic rings. The third-order valence-electron chi connectivity index (χ3n) is 3.56. The minimum Gasteiger partial charge on any atom is -0.478 e. The summed E-state index contributed by atoms with van der Waals surface area (Å²) in [6.07, 6.45) is 0.970. The van der Waals surface area contributed by atoms with Gasteiger partial charge in [-0.1, -0.05) is 18.2 Å². The summed E-state index contributed by atoms with van der Waals surface area (Å²) in [5.41, 5.74) is 3.10. The number of rotatable bonds is 3. The van der Waals surface area contributed by atoms with Crippen LogP contribution < -0.4 is 4.90 Å². The molecule has 1 N–H and O–H groups in total. The molecule has 3 nitrogen and oxygen atoms in total. The topological polar surface area (TPSA) is 40.5 Å². The molecule has 0 radical (unpaired) electrons. The molecule has 20 heavy (non-hydrogen) atoms. The molecule has 0 saturated heterocycles. The van der Waals surface area contributed by atoms with Gasteiger partial charge in [0.15, 0.2) is 0 Å². The fourth-order valence-corrected chi connectivity index (χ4v) is 2.66. The number of fused-ring (bicyclic) bond motifs is 1. The van der Waals surface area contributed by atoms with Gasteiger partial charge in [-0.05, 0) is 41.8 Å². The summed E-state index contributed by atoms with van der Waals surface area (Å²) in [6.45, 7) is 1.40. The summed E-state index contributed by atoms with van der Waals surface area (Å²) >= 11 is 0. The predicted octanol–water partition coefficient (Wildman–Crippen LogP) is 3.09. The van der Waals surface area contributed by atoms with Crippen molar-refractivity contribution < 1.29 is 14.3 Å². The second-order valence-electron chi connectivity index (χ2n) is 4.95. The van der Waals surface area contributed by atoms with Gasteiger partial charge in [-0.3, -0.25) is 0 Å². The molecule has 2 aromatic rings. The van der Waals surface area contributed by atoms with Gasteiger partial charge in [0.25, 0.3) is 0 Å². The maximum atomic E-state index is 13.5. The van der Waals surface area contributed by atoms with E-state index >= 15 is 0 Å². The molecule has 0 aliphatic carbocycles. The highest BCUT2D eigenvalue weighted by Crippen LogP contribution is 2.29. The fourth-order valence-electron chi connectivity index (χ4n) is 2.66. The number of anilines is 1. The number of carboxylic acids is 1. The first-order chi connectivity index (χ1) is 9.63. The molecule has 3 rings (SSSR count). The van der Waals surface area contributed by atoms with E-state index in [0.29, 0.717) is 12.1 Å². The van der Waals surface area contributed by atoms with Crippen LogP contribution in [0.3, 0.4) is 0 Å². The summed E-state index contributed by atoms with van der Waals surface area (Å²) in [5, 5.41) is 8.97. The van der Waals surface area contributed by atoms with Crippen LogP contribution in [-0.2, 0) is 13.0 Å². The molecule has 2 aromatic carbocycles. The molecule has 1 aliphatic heterocycles. The number of halogens is 1. The van der Waals surface area contributed by atoms with Crippen LogP contribution in [-0.4, -0.2) is 17.6 Å². The maximum Gasteiger partial charge on any atom is 0.335 e. The average molecular weight is 271 g/mol. The van der Waals surface area contributed by atoms with Crippen molar-refractivity contribution in [3.8, 4) is 0 Å². The first-order valence-corrected chi connectivity index (χ1v) is 6.49. The summed E-state index contributed by atoms with van der Waals surface area (Å²) in [5.74, 6) is -1.61. The molecule has 0 aromatic heterocycles. The molecule has 0 unspecified atom stereocenters. The van der Waals surface area contributed by atoms with Crippen LogP contribution >= 0.6 is 0 Å². The Morgan fingerprint density at radius 1 is 1.25 bits per heavy atom. The first kappa shape index (κ1) is 12.7. The van der Waals surface area contributed by atoms with Crippen molar-refractivity contribution in [1.29, 1.82) is 0 Å². The minimum absolute atomic E-state index is 0.00696. The summed E-state index contributed by atoms with van der Waals surface area (Å²) < 4.78 is 13.5. The van der Waals surface area contributed by atoms with E-state index in [9.17, 15) is 9.18 Å². The smallest absolute Gasteiger partial charge is 0.335 e. The van der Waals surface area contributed by atoms with Gasteiger partial charge < -0.3 is 10.0 Å². The Balaban J connectivity index is 1.88. The molecule has 102 valence electrons. The third kappa shape index (κ3) is 2.37. The Morgan fingerprint density at radius 3 is 2.85 bits per heavy atom. The largest absolute Gasteiger partial charge is 0.478 e. The van der Waals surface area contributed by atoms with Gasteiger partial charge in [0.2, 0.25) is 0 Å². The number of hydrogen-bond donors (Lipinski definition) is 1. The fraction of sp³-hybridized carbons (Fsp3) is 0.188. The second-order valence-corrected chi connectivity index (χ2v) is 4.95. The lowest BCUT2D eigenvalue weighted by Crippen LogP contribution is -2.20. The number of para-hydroxylation sites is 1. The summed E-state index contributed by atoms with van der Waals surface area (Å²) in [4.78, 5) is 13.1. The molecule has 0 saturated carbocycles. The Bertz CT molecular complexity index is 669. The average Bonchev–Trinajstić information content (AvgIpc) is 2.82. The molecule has 1 heterocycles. The van der Waals surface area contributed by atoms with Crippen molar-refractivity contribution in [2.45, 2.75) is 13.0 Å². The van der Waals surface area contributed by atoms with E-state index in [-0.39, 0.29) is 5.56 Å². The zero-order chi connectivity index (χ0) is 14.1. The van der Waals surface area contributed by atoms with Gasteiger partial charge in [0.1, 0.15) is 5.82 Å². The minimum atomic E-state index is -1.10. The molecule has 0 amide bonds. The van der Waals surface area contributed by atoms with Crippen LogP contribution in [0, 0.1) is 5.82 Å². The highest BCUT2D eigenvalue weighted by atomic mass is 19.1. The molecular weight excluding hydrogens is 257 g/mol. The van der Waals surface area contributed by atoms with Crippen molar-refractivity contribution in [1.82, 2.24) is 0 Å². The van der Waals surface area contributed by atoms with E-state index in [1.54, 1.807) is 0 Å². The normalized spacial score (nSPS) is 13.3. The predicted molar refractivity (Wildman–Crippen MR) is 74.6 cm³/mol. The molecule has 0 fully saturated rings. The van der Waals surface area contributed by atoms with Crippen molar-refractivity contribution in [3.05, 3.63) is 65.0 Å². The third-order valence-corrected chi connectivity index (χ3v) is 3.56. The number of benzene rings is 2. The first-order valence-electron chi connectivity index (χ1n) is 6.49. The van der Waals surface area contributed by atoms with Gasteiger partial charge in [0.05, 0.1) is 5.56 Å². The number of carbonyl (C=O) groups is 1. The summed E-state index contributed by atoms with van der Waals surface area (Å²) in [6, 6.07) is 12.1. The number of hydrogen-bond acceptors (Lipinski definition) is 2. The molecule has 0 bridgehead atoms. The highest BCUT2D eigenvalue weighted by Gasteiger charge is 2.19. The van der Waals surface area contributed by atoms with Crippen LogP contribution in [0.4, 0.5) is 10.1 Å². The van der Waals surface area contributed by atoms with Crippen molar-refractivity contribution in [2.24, 2.45) is 0 Å². The van der Waals surface area contributed by atoms with Gasteiger partial charge in [0, 0.05) is 18.8 Å². The van der Waals surface area contributed by atoms with E-state index in [1.807, 2.05) is 18.2 Å². The zero-order valence-electron chi connectivity index (χ0n) is 10.8. The van der Waals surface area contributed by atoms with Crippen LogP contribution in [0.1, 0.15) is 21.5 Å². The highest BCUT2D eigenvalue weighted by molar-refractivity contribution is 5.87. The van der Waals surface area contributed by atoms with Gasteiger partial charge >= 0.3 is 5.97 Å².